The van der Waals surface area contributed by atoms with Gasteiger partial charge in [0.05, 0.1) is 27.3 Å². The van der Waals surface area contributed by atoms with E-state index in [1.54, 1.807) is 0 Å². The molecule has 0 radical (unpaired) electrons. The monoisotopic (exact) mass is 414 g/mol. The van der Waals surface area contributed by atoms with Gasteiger partial charge in [0.1, 0.15) is 12.9 Å². The van der Waals surface area contributed by atoms with Gasteiger partial charge in [0.2, 0.25) is 5.52 Å². The first-order valence-corrected chi connectivity index (χ1v) is 11.4. The third kappa shape index (κ3) is 1.97. The third-order valence-electron chi connectivity index (χ3n) is 7.21. The van der Waals surface area contributed by atoms with Crippen molar-refractivity contribution < 1.29 is 4.57 Å². The van der Waals surface area contributed by atoms with Crippen molar-refractivity contribution in [1.82, 2.24) is 9.38 Å². The maximum absolute atomic E-state index is 5.33. The molecular formula is C29H24N3+. The second kappa shape index (κ2) is 5.95. The second-order valence-electron chi connectivity index (χ2n) is 9.35. The van der Waals surface area contributed by atoms with Gasteiger partial charge in [-0.3, -0.25) is 4.40 Å². The number of para-hydroxylation sites is 1. The summed E-state index contributed by atoms with van der Waals surface area (Å²) in [5.41, 5.74) is 6.27. The van der Waals surface area contributed by atoms with Crippen LogP contribution in [0.2, 0.25) is 0 Å². The lowest BCUT2D eigenvalue weighted by atomic mass is 9.91. The van der Waals surface area contributed by atoms with Crippen LogP contribution >= 0.6 is 0 Å². The van der Waals surface area contributed by atoms with Gasteiger partial charge < -0.3 is 0 Å². The zero-order chi connectivity index (χ0) is 21.7. The fourth-order valence-corrected chi connectivity index (χ4v) is 5.93. The maximum Gasteiger partial charge on any atom is 0.221 e. The normalized spacial score (nSPS) is 12.7. The van der Waals surface area contributed by atoms with Gasteiger partial charge in [0.25, 0.3) is 0 Å². The summed E-state index contributed by atoms with van der Waals surface area (Å²) in [5.74, 6) is 1.47. The SMILES string of the molecule is Cc1c2c3ccccc3n3c(C(C)C)nc(c4c5ccccc5c5ccc[n+](C)c5c14)c23. The van der Waals surface area contributed by atoms with E-state index in [-0.39, 0.29) is 0 Å². The Kier molecular flexibility index (Phi) is 3.33. The Morgan fingerprint density at radius 3 is 2.25 bits per heavy atom. The zero-order valence-electron chi connectivity index (χ0n) is 18.8. The molecule has 0 N–H and O–H groups in total. The van der Waals surface area contributed by atoms with Gasteiger partial charge in [-0.05, 0) is 35.4 Å². The van der Waals surface area contributed by atoms with Gasteiger partial charge in [-0.1, -0.05) is 56.3 Å². The predicted octanol–water partition coefficient (Wildman–Crippen LogP) is 6.79. The van der Waals surface area contributed by atoms with Crippen molar-refractivity contribution in [2.75, 3.05) is 0 Å². The van der Waals surface area contributed by atoms with Crippen molar-refractivity contribution in [3.8, 4) is 0 Å². The molecule has 7 aromatic rings. The van der Waals surface area contributed by atoms with Crippen molar-refractivity contribution in [1.29, 1.82) is 0 Å². The molecule has 0 saturated heterocycles. The summed E-state index contributed by atoms with van der Waals surface area (Å²) < 4.78 is 4.69. The minimum absolute atomic E-state index is 0.333. The summed E-state index contributed by atoms with van der Waals surface area (Å²) in [6.45, 7) is 6.79. The van der Waals surface area contributed by atoms with E-state index in [1.807, 2.05) is 0 Å². The molecule has 0 unspecified atom stereocenters. The molecule has 0 aliphatic heterocycles. The number of pyridine rings is 1. The number of nitrogens with zero attached hydrogens (tertiary/aromatic N) is 3. The molecule has 0 aliphatic carbocycles. The maximum atomic E-state index is 5.33. The van der Waals surface area contributed by atoms with Gasteiger partial charge in [0, 0.05) is 28.1 Å². The molecule has 154 valence electrons. The molecule has 3 nitrogen and oxygen atoms in total. The summed E-state index contributed by atoms with van der Waals surface area (Å²) in [4.78, 5) is 5.33. The molecule has 3 heterocycles. The first-order chi connectivity index (χ1) is 15.6. The summed E-state index contributed by atoms with van der Waals surface area (Å²) in [6.07, 6.45) is 2.16. The molecule has 0 amide bonds. The van der Waals surface area contributed by atoms with E-state index in [0.29, 0.717) is 5.92 Å². The minimum atomic E-state index is 0.333. The highest BCUT2D eigenvalue weighted by Gasteiger charge is 2.27. The van der Waals surface area contributed by atoms with Gasteiger partial charge >= 0.3 is 0 Å². The lowest BCUT2D eigenvalue weighted by Crippen LogP contribution is -2.28. The number of hydrogen-bond acceptors (Lipinski definition) is 1. The van der Waals surface area contributed by atoms with Crippen molar-refractivity contribution in [2.24, 2.45) is 7.05 Å². The van der Waals surface area contributed by atoms with Gasteiger partial charge in [0.15, 0.2) is 6.20 Å². The number of rotatable bonds is 1. The second-order valence-corrected chi connectivity index (χ2v) is 9.35. The molecule has 0 saturated carbocycles. The number of benzene rings is 4. The number of fused-ring (bicyclic) bond motifs is 10. The van der Waals surface area contributed by atoms with Gasteiger partial charge in [-0.2, -0.15) is 0 Å². The summed E-state index contributed by atoms with van der Waals surface area (Å²) in [5, 5.41) is 9.12. The number of aromatic nitrogens is 3. The highest BCUT2D eigenvalue weighted by molar-refractivity contribution is 6.35. The van der Waals surface area contributed by atoms with E-state index in [4.69, 9.17) is 4.98 Å². The molecule has 4 aromatic carbocycles. The fourth-order valence-electron chi connectivity index (χ4n) is 5.93. The van der Waals surface area contributed by atoms with Crippen molar-refractivity contribution in [3.63, 3.8) is 0 Å². The van der Waals surface area contributed by atoms with Crippen molar-refractivity contribution in [2.45, 2.75) is 26.7 Å². The first kappa shape index (κ1) is 17.9. The van der Waals surface area contributed by atoms with Crippen LogP contribution in [0.15, 0.2) is 66.9 Å². The summed E-state index contributed by atoms with van der Waals surface area (Å²) in [6, 6.07) is 22.0. The lowest BCUT2D eigenvalue weighted by molar-refractivity contribution is -0.644. The minimum Gasteiger partial charge on any atom is -0.295 e. The van der Waals surface area contributed by atoms with E-state index in [9.17, 15) is 0 Å². The van der Waals surface area contributed by atoms with Crippen LogP contribution in [0.4, 0.5) is 0 Å². The van der Waals surface area contributed by atoms with Crippen molar-refractivity contribution in [3.05, 3.63) is 78.2 Å². The number of imidazole rings is 1. The molecular weight excluding hydrogens is 390 g/mol. The van der Waals surface area contributed by atoms with E-state index >= 15 is 0 Å². The standard InChI is InChI=1S/C29H24N3/c1-16(2)29-30-26-25-19-11-6-5-10-18(19)20-13-9-15-31(4)27(20)24(25)17(3)23-21-12-7-8-14-22(21)32(29)28(23)26/h5-16H,1-4H3/q+1. The number of aryl methyl sites for hydroxylation is 2. The highest BCUT2D eigenvalue weighted by atomic mass is 15.0. The fraction of sp³-hybridized carbons (Fsp3) is 0.172. The molecule has 7 rings (SSSR count). The Bertz CT molecular complexity index is 1870. The molecule has 0 spiro atoms. The Balaban J connectivity index is 1.96. The largest absolute Gasteiger partial charge is 0.295 e. The van der Waals surface area contributed by atoms with Gasteiger partial charge in [-0.25, -0.2) is 9.55 Å². The summed E-state index contributed by atoms with van der Waals surface area (Å²) >= 11 is 0. The summed E-state index contributed by atoms with van der Waals surface area (Å²) in [7, 11) is 2.16. The highest BCUT2D eigenvalue weighted by Crippen LogP contribution is 2.45. The number of hydrogen-bond donors (Lipinski definition) is 0. The first-order valence-electron chi connectivity index (χ1n) is 11.4. The van der Waals surface area contributed by atoms with E-state index in [1.165, 1.54) is 59.8 Å². The molecule has 0 bridgehead atoms. The van der Waals surface area contributed by atoms with Crippen LogP contribution in [0.5, 0.6) is 0 Å². The van der Waals surface area contributed by atoms with Crippen LogP contribution in [0, 0.1) is 6.92 Å². The molecule has 32 heavy (non-hydrogen) atoms. The van der Waals surface area contributed by atoms with Crippen molar-refractivity contribution >= 4 is 59.8 Å². The predicted molar refractivity (Wildman–Crippen MR) is 134 cm³/mol. The zero-order valence-corrected chi connectivity index (χ0v) is 18.8. The van der Waals surface area contributed by atoms with Crippen LogP contribution in [0.25, 0.3) is 59.8 Å². The van der Waals surface area contributed by atoms with Crippen LogP contribution in [-0.4, -0.2) is 9.38 Å². The van der Waals surface area contributed by atoms with Crippen LogP contribution in [-0.2, 0) is 7.05 Å². The third-order valence-corrected chi connectivity index (χ3v) is 7.21. The Hall–Kier alpha value is -3.72. The van der Waals surface area contributed by atoms with Crippen LogP contribution < -0.4 is 4.57 Å². The van der Waals surface area contributed by atoms with E-state index in [0.717, 1.165) is 11.3 Å². The van der Waals surface area contributed by atoms with Gasteiger partial charge in [-0.15, -0.1) is 0 Å². The molecule has 0 atom stereocenters. The molecule has 3 heteroatoms. The average molecular weight is 415 g/mol. The Labute approximate surface area is 185 Å². The van der Waals surface area contributed by atoms with Crippen LogP contribution in [0.1, 0.15) is 31.2 Å². The quantitative estimate of drug-likeness (QED) is 0.214. The topological polar surface area (TPSA) is 21.2 Å². The Morgan fingerprint density at radius 2 is 1.47 bits per heavy atom. The molecule has 0 aliphatic rings. The molecule has 3 aromatic heterocycles. The van der Waals surface area contributed by atoms with E-state index in [2.05, 4.69) is 104 Å². The van der Waals surface area contributed by atoms with Crippen LogP contribution in [0.3, 0.4) is 0 Å². The smallest absolute Gasteiger partial charge is 0.221 e. The van der Waals surface area contributed by atoms with E-state index < -0.39 is 0 Å². The lowest BCUT2D eigenvalue weighted by Gasteiger charge is -2.12. The Morgan fingerprint density at radius 1 is 0.781 bits per heavy atom. The molecule has 0 fully saturated rings. The average Bonchev–Trinajstić information content (AvgIpc) is 3.35.